The van der Waals surface area contributed by atoms with Crippen LogP contribution < -0.4 is 0 Å². The van der Waals surface area contributed by atoms with Crippen molar-refractivity contribution in [1.29, 1.82) is 0 Å². The van der Waals surface area contributed by atoms with Crippen molar-refractivity contribution in [2.24, 2.45) is 0 Å². The molecule has 0 spiro atoms. The van der Waals surface area contributed by atoms with Crippen molar-refractivity contribution >= 4 is 0 Å². The molecule has 0 aromatic carbocycles. The van der Waals surface area contributed by atoms with Crippen LogP contribution in [-0.4, -0.2) is 36.2 Å². The molecule has 0 radical (unpaired) electrons. The van der Waals surface area contributed by atoms with Gasteiger partial charge in [0, 0.05) is 13.1 Å². The van der Waals surface area contributed by atoms with E-state index in [1.54, 1.807) is 0 Å². The van der Waals surface area contributed by atoms with Crippen LogP contribution in [0.15, 0.2) is 12.7 Å². The average Bonchev–Trinajstić information content (AvgIpc) is 2.24. The molecule has 0 amide bonds. The Labute approximate surface area is 95.0 Å². The van der Waals surface area contributed by atoms with Crippen molar-refractivity contribution in [2.75, 3.05) is 26.2 Å². The SMILES string of the molecule is C=CCN(CCO)CCCCCCCC. The summed E-state index contributed by atoms with van der Waals surface area (Å²) in [6, 6.07) is 0. The highest BCUT2D eigenvalue weighted by Gasteiger charge is 2.00. The zero-order chi connectivity index (χ0) is 11.4. The van der Waals surface area contributed by atoms with Gasteiger partial charge in [-0.1, -0.05) is 45.1 Å². The number of nitrogens with zero attached hydrogens (tertiary/aromatic N) is 1. The molecule has 0 fully saturated rings. The van der Waals surface area contributed by atoms with Gasteiger partial charge in [0.25, 0.3) is 0 Å². The fourth-order valence-electron chi connectivity index (χ4n) is 1.73. The van der Waals surface area contributed by atoms with Gasteiger partial charge in [-0.2, -0.15) is 0 Å². The first kappa shape index (κ1) is 14.7. The van der Waals surface area contributed by atoms with E-state index in [0.29, 0.717) is 0 Å². The van der Waals surface area contributed by atoms with Crippen LogP contribution in [0.1, 0.15) is 45.4 Å². The van der Waals surface area contributed by atoms with Crippen LogP contribution in [0.3, 0.4) is 0 Å². The molecule has 2 heteroatoms. The fourth-order valence-corrected chi connectivity index (χ4v) is 1.73. The second-order valence-electron chi connectivity index (χ2n) is 4.08. The first-order valence-electron chi connectivity index (χ1n) is 6.29. The first-order valence-corrected chi connectivity index (χ1v) is 6.29. The van der Waals surface area contributed by atoms with E-state index >= 15 is 0 Å². The topological polar surface area (TPSA) is 23.5 Å². The summed E-state index contributed by atoms with van der Waals surface area (Å²) in [7, 11) is 0. The Balaban J connectivity index is 3.32. The van der Waals surface area contributed by atoms with Crippen LogP contribution in [0.4, 0.5) is 0 Å². The molecule has 0 unspecified atom stereocenters. The van der Waals surface area contributed by atoms with Crippen LogP contribution in [0.25, 0.3) is 0 Å². The van der Waals surface area contributed by atoms with Gasteiger partial charge in [0.05, 0.1) is 6.61 Å². The minimum Gasteiger partial charge on any atom is -0.395 e. The van der Waals surface area contributed by atoms with E-state index in [9.17, 15) is 0 Å². The number of rotatable bonds is 11. The average molecular weight is 213 g/mol. The number of hydrogen-bond acceptors (Lipinski definition) is 2. The monoisotopic (exact) mass is 213 g/mol. The number of unbranched alkanes of at least 4 members (excludes halogenated alkanes) is 5. The molecule has 90 valence electrons. The Morgan fingerprint density at radius 2 is 1.73 bits per heavy atom. The maximum Gasteiger partial charge on any atom is 0.0558 e. The summed E-state index contributed by atoms with van der Waals surface area (Å²) in [4.78, 5) is 2.26. The summed E-state index contributed by atoms with van der Waals surface area (Å²) >= 11 is 0. The highest BCUT2D eigenvalue weighted by Crippen LogP contribution is 2.05. The maximum atomic E-state index is 8.86. The van der Waals surface area contributed by atoms with Crippen LogP contribution >= 0.6 is 0 Å². The number of hydrogen-bond donors (Lipinski definition) is 1. The van der Waals surface area contributed by atoms with Crippen molar-refractivity contribution in [2.45, 2.75) is 45.4 Å². The van der Waals surface area contributed by atoms with Crippen molar-refractivity contribution in [3.05, 3.63) is 12.7 Å². The Morgan fingerprint density at radius 3 is 2.33 bits per heavy atom. The molecule has 0 bridgehead atoms. The second-order valence-corrected chi connectivity index (χ2v) is 4.08. The minimum atomic E-state index is 0.254. The van der Waals surface area contributed by atoms with Crippen molar-refractivity contribution in [3.63, 3.8) is 0 Å². The van der Waals surface area contributed by atoms with E-state index in [4.69, 9.17) is 5.11 Å². The van der Waals surface area contributed by atoms with E-state index in [0.717, 1.165) is 19.6 Å². The largest absolute Gasteiger partial charge is 0.395 e. The third kappa shape index (κ3) is 9.95. The lowest BCUT2D eigenvalue weighted by Gasteiger charge is -2.18. The standard InChI is InChI=1S/C13H27NO/c1-3-5-6-7-8-9-11-14(10-4-2)12-13-15/h4,15H,2-3,5-13H2,1H3. The van der Waals surface area contributed by atoms with E-state index in [1.807, 2.05) is 6.08 Å². The molecule has 15 heavy (non-hydrogen) atoms. The summed E-state index contributed by atoms with van der Waals surface area (Å²) < 4.78 is 0. The summed E-state index contributed by atoms with van der Waals surface area (Å²) in [6.45, 7) is 9.00. The van der Waals surface area contributed by atoms with Gasteiger partial charge in [-0.15, -0.1) is 6.58 Å². The van der Waals surface area contributed by atoms with Gasteiger partial charge in [-0.05, 0) is 13.0 Å². The van der Waals surface area contributed by atoms with Gasteiger partial charge in [-0.3, -0.25) is 4.90 Å². The Morgan fingerprint density at radius 1 is 1.07 bits per heavy atom. The number of aliphatic hydroxyl groups excluding tert-OH is 1. The smallest absolute Gasteiger partial charge is 0.0558 e. The quantitative estimate of drug-likeness (QED) is 0.421. The third-order valence-corrected chi connectivity index (χ3v) is 2.63. The zero-order valence-corrected chi connectivity index (χ0v) is 10.2. The highest BCUT2D eigenvalue weighted by atomic mass is 16.3. The maximum absolute atomic E-state index is 8.86. The van der Waals surface area contributed by atoms with Crippen LogP contribution in [0.5, 0.6) is 0 Å². The van der Waals surface area contributed by atoms with Gasteiger partial charge in [-0.25, -0.2) is 0 Å². The lowest BCUT2D eigenvalue weighted by molar-refractivity contribution is 0.206. The molecule has 0 atom stereocenters. The van der Waals surface area contributed by atoms with Gasteiger partial charge < -0.3 is 5.11 Å². The molecule has 0 heterocycles. The van der Waals surface area contributed by atoms with Crippen molar-refractivity contribution in [1.82, 2.24) is 4.90 Å². The Hall–Kier alpha value is -0.340. The fraction of sp³-hybridized carbons (Fsp3) is 0.846. The van der Waals surface area contributed by atoms with Crippen molar-refractivity contribution in [3.8, 4) is 0 Å². The van der Waals surface area contributed by atoms with E-state index in [-0.39, 0.29) is 6.61 Å². The van der Waals surface area contributed by atoms with Crippen LogP contribution in [-0.2, 0) is 0 Å². The molecule has 1 N–H and O–H groups in total. The van der Waals surface area contributed by atoms with Gasteiger partial charge in [0.1, 0.15) is 0 Å². The van der Waals surface area contributed by atoms with Gasteiger partial charge >= 0.3 is 0 Å². The van der Waals surface area contributed by atoms with Crippen molar-refractivity contribution < 1.29 is 5.11 Å². The molecule has 0 aromatic rings. The second kappa shape index (κ2) is 11.7. The summed E-state index contributed by atoms with van der Waals surface area (Å²) in [5.41, 5.74) is 0. The normalized spacial score (nSPS) is 10.9. The molecule has 0 aliphatic carbocycles. The van der Waals surface area contributed by atoms with E-state index < -0.39 is 0 Å². The molecule has 0 rings (SSSR count). The Bertz CT molecular complexity index is 136. The predicted molar refractivity (Wildman–Crippen MR) is 67.1 cm³/mol. The predicted octanol–water partition coefficient (Wildman–Crippen LogP) is 2.83. The van der Waals surface area contributed by atoms with E-state index in [2.05, 4.69) is 18.4 Å². The van der Waals surface area contributed by atoms with Gasteiger partial charge in [0.15, 0.2) is 0 Å². The van der Waals surface area contributed by atoms with Crippen LogP contribution in [0.2, 0.25) is 0 Å². The molecular weight excluding hydrogens is 186 g/mol. The Kier molecular flexibility index (Phi) is 11.5. The molecular formula is C13H27NO. The molecule has 2 nitrogen and oxygen atoms in total. The first-order chi connectivity index (χ1) is 7.35. The third-order valence-electron chi connectivity index (χ3n) is 2.63. The summed E-state index contributed by atoms with van der Waals surface area (Å²) in [5.74, 6) is 0. The highest BCUT2D eigenvalue weighted by molar-refractivity contribution is 4.73. The molecule has 0 saturated carbocycles. The van der Waals surface area contributed by atoms with Gasteiger partial charge in [0.2, 0.25) is 0 Å². The minimum absolute atomic E-state index is 0.254. The lowest BCUT2D eigenvalue weighted by atomic mass is 10.1. The lowest BCUT2D eigenvalue weighted by Crippen LogP contribution is -2.28. The molecule has 0 saturated heterocycles. The molecule has 0 aliphatic heterocycles. The summed E-state index contributed by atoms with van der Waals surface area (Å²) in [6.07, 6.45) is 9.89. The summed E-state index contributed by atoms with van der Waals surface area (Å²) in [5, 5.41) is 8.86. The molecule has 0 aliphatic rings. The number of aliphatic hydroxyl groups is 1. The van der Waals surface area contributed by atoms with E-state index in [1.165, 1.54) is 38.5 Å². The van der Waals surface area contributed by atoms with Crippen LogP contribution in [0, 0.1) is 0 Å². The zero-order valence-electron chi connectivity index (χ0n) is 10.2. The molecule has 0 aromatic heterocycles.